The molecule has 0 bridgehead atoms. The minimum absolute atomic E-state index is 0.104. The van der Waals surface area contributed by atoms with Crippen LogP contribution in [-0.2, 0) is 65.4 Å². The van der Waals surface area contributed by atoms with Crippen molar-refractivity contribution in [1.82, 2.24) is 0 Å². The molecule has 4 unspecified atom stereocenters. The number of ether oxygens (including phenoxy) is 4. The van der Waals surface area contributed by atoms with E-state index in [2.05, 4.69) is 48.5 Å². The number of phosphoric acid groups is 2. The Kier molecular flexibility index (Phi) is 57.8. The quantitative estimate of drug-likeness (QED) is 0.0222. The van der Waals surface area contributed by atoms with Crippen molar-refractivity contribution in [3.05, 3.63) is 0 Å². The Bertz CT molecular complexity index is 1720. The second-order valence-corrected chi connectivity index (χ2v) is 28.4. The Morgan fingerprint density at radius 2 is 0.586 bits per heavy atom. The van der Waals surface area contributed by atoms with Gasteiger partial charge in [0.2, 0.25) is 0 Å². The van der Waals surface area contributed by atoms with Gasteiger partial charge in [-0.3, -0.25) is 37.3 Å². The molecular weight excluding hydrogens is 1150 g/mol. The van der Waals surface area contributed by atoms with Gasteiger partial charge in [0.25, 0.3) is 0 Å². The number of hydrogen-bond acceptors (Lipinski definition) is 15. The average molecular weight is 1280 g/mol. The molecule has 0 aliphatic heterocycles. The first-order chi connectivity index (χ1) is 41.8. The fourth-order valence-electron chi connectivity index (χ4n) is 10.1. The van der Waals surface area contributed by atoms with Gasteiger partial charge in [-0.2, -0.15) is 0 Å². The highest BCUT2D eigenvalue weighted by Crippen LogP contribution is 2.45. The van der Waals surface area contributed by atoms with Gasteiger partial charge in [0.1, 0.15) is 19.3 Å². The Hall–Kier alpha value is -1.94. The summed E-state index contributed by atoms with van der Waals surface area (Å²) in [6.45, 7) is 11.8. The van der Waals surface area contributed by atoms with Gasteiger partial charge in [-0.25, -0.2) is 9.13 Å². The van der Waals surface area contributed by atoms with Gasteiger partial charge >= 0.3 is 39.5 Å². The van der Waals surface area contributed by atoms with Gasteiger partial charge in [0.05, 0.1) is 26.4 Å². The number of aliphatic hydroxyl groups is 1. The van der Waals surface area contributed by atoms with Crippen LogP contribution in [0.2, 0.25) is 0 Å². The van der Waals surface area contributed by atoms with Crippen molar-refractivity contribution < 1.29 is 80.2 Å². The van der Waals surface area contributed by atoms with Crippen LogP contribution in [0.4, 0.5) is 0 Å². The molecule has 0 aliphatic carbocycles. The van der Waals surface area contributed by atoms with Crippen LogP contribution in [0.5, 0.6) is 0 Å². The van der Waals surface area contributed by atoms with Crippen molar-refractivity contribution in [3.8, 4) is 0 Å². The number of hydrogen-bond donors (Lipinski definition) is 3. The van der Waals surface area contributed by atoms with Gasteiger partial charge < -0.3 is 33.8 Å². The molecule has 0 amide bonds. The van der Waals surface area contributed by atoms with Crippen LogP contribution in [0, 0.1) is 17.8 Å². The molecule has 0 aromatic heterocycles. The Morgan fingerprint density at radius 3 is 0.874 bits per heavy atom. The van der Waals surface area contributed by atoms with Crippen molar-refractivity contribution >= 4 is 39.5 Å². The summed E-state index contributed by atoms with van der Waals surface area (Å²) in [6, 6.07) is 0. The summed E-state index contributed by atoms with van der Waals surface area (Å²) in [7, 11) is -9.90. The highest BCUT2D eigenvalue weighted by molar-refractivity contribution is 7.47. The first-order valence-electron chi connectivity index (χ1n) is 35.4. The molecule has 0 aromatic carbocycles. The fraction of sp³-hybridized carbons (Fsp3) is 0.941. The average Bonchev–Trinajstić information content (AvgIpc) is 3.54. The number of rotatable bonds is 66. The van der Waals surface area contributed by atoms with E-state index in [1.165, 1.54) is 141 Å². The van der Waals surface area contributed by atoms with Crippen LogP contribution < -0.4 is 0 Å². The normalized spacial score (nSPS) is 14.9. The van der Waals surface area contributed by atoms with Crippen LogP contribution in [0.1, 0.15) is 337 Å². The van der Waals surface area contributed by atoms with Gasteiger partial charge in [-0.05, 0) is 43.4 Å². The Morgan fingerprint density at radius 1 is 0.333 bits per heavy atom. The molecular formula is C68H132O17P2. The minimum atomic E-state index is -4.95. The van der Waals surface area contributed by atoms with E-state index in [1.54, 1.807) is 0 Å². The lowest BCUT2D eigenvalue weighted by Crippen LogP contribution is -2.30. The van der Waals surface area contributed by atoms with E-state index in [0.717, 1.165) is 114 Å². The topological polar surface area (TPSA) is 237 Å². The molecule has 0 aromatic rings. The first-order valence-corrected chi connectivity index (χ1v) is 38.4. The molecule has 3 N–H and O–H groups in total. The lowest BCUT2D eigenvalue weighted by Gasteiger charge is -2.21. The summed E-state index contributed by atoms with van der Waals surface area (Å²) in [5, 5.41) is 10.6. The van der Waals surface area contributed by atoms with Gasteiger partial charge in [-0.1, -0.05) is 286 Å². The lowest BCUT2D eigenvalue weighted by molar-refractivity contribution is -0.161. The zero-order chi connectivity index (χ0) is 64.5. The van der Waals surface area contributed by atoms with E-state index in [0.29, 0.717) is 25.7 Å². The number of aliphatic hydroxyl groups excluding tert-OH is 1. The number of esters is 4. The third-order valence-electron chi connectivity index (χ3n) is 16.4. The molecule has 0 heterocycles. The molecule has 0 saturated carbocycles. The summed E-state index contributed by atoms with van der Waals surface area (Å²) in [5.74, 6) is 0.191. The standard InChI is InChI=1S/C68H132O17P2/c1-8-11-12-13-14-28-35-42-49-65(70)78-55-63(85-68(73)52-45-38-31-24-22-27-34-41-48-61(7)10-3)57-82-86(74,75)80-53-62(69)54-81-87(76,77)83-58-64(56-79-66(71)50-43-36-29-23-21-26-33-40-47-60(6)9-2)84-67(72)51-44-37-30-20-18-16-15-17-19-25-32-39-46-59(4)5/h59-64,69H,8-58H2,1-7H3,(H,74,75)(H,76,77)/t60?,61?,62-,63+,64+/m0/s1. The minimum Gasteiger partial charge on any atom is -0.462 e. The summed E-state index contributed by atoms with van der Waals surface area (Å²) < 4.78 is 68.2. The van der Waals surface area contributed by atoms with E-state index in [-0.39, 0.29) is 25.7 Å². The smallest absolute Gasteiger partial charge is 0.462 e. The second-order valence-electron chi connectivity index (χ2n) is 25.5. The van der Waals surface area contributed by atoms with Crippen LogP contribution in [0.25, 0.3) is 0 Å². The fourth-order valence-corrected chi connectivity index (χ4v) is 11.7. The monoisotopic (exact) mass is 1280 g/mol. The van der Waals surface area contributed by atoms with Crippen molar-refractivity contribution in [3.63, 3.8) is 0 Å². The Balaban J connectivity index is 5.25. The zero-order valence-electron chi connectivity index (χ0n) is 56.5. The molecule has 0 rings (SSSR count). The maximum Gasteiger partial charge on any atom is 0.472 e. The van der Waals surface area contributed by atoms with Crippen molar-refractivity contribution in [1.29, 1.82) is 0 Å². The van der Waals surface area contributed by atoms with E-state index < -0.39 is 97.5 Å². The summed E-state index contributed by atoms with van der Waals surface area (Å²) in [5.41, 5.74) is 0. The molecule has 17 nitrogen and oxygen atoms in total. The van der Waals surface area contributed by atoms with Gasteiger partial charge in [0, 0.05) is 25.7 Å². The van der Waals surface area contributed by atoms with Crippen LogP contribution >= 0.6 is 15.6 Å². The third kappa shape index (κ3) is 60.1. The number of carbonyl (C=O) groups is 4. The third-order valence-corrected chi connectivity index (χ3v) is 18.3. The summed E-state index contributed by atoms with van der Waals surface area (Å²) in [6.07, 6.45) is 41.6. The van der Waals surface area contributed by atoms with Crippen molar-refractivity contribution in [2.45, 2.75) is 356 Å². The highest BCUT2D eigenvalue weighted by Gasteiger charge is 2.30. The molecule has 516 valence electrons. The van der Waals surface area contributed by atoms with Gasteiger partial charge in [0.15, 0.2) is 12.2 Å². The predicted octanol–water partition coefficient (Wildman–Crippen LogP) is 19.1. The molecule has 0 saturated heterocycles. The zero-order valence-corrected chi connectivity index (χ0v) is 58.3. The van der Waals surface area contributed by atoms with Crippen LogP contribution in [0.3, 0.4) is 0 Å². The Labute approximate surface area is 530 Å². The molecule has 87 heavy (non-hydrogen) atoms. The van der Waals surface area contributed by atoms with E-state index >= 15 is 0 Å². The number of unbranched alkanes of at least 4 members (excludes halogenated alkanes) is 32. The largest absolute Gasteiger partial charge is 0.472 e. The molecule has 0 aliphatic rings. The van der Waals surface area contributed by atoms with Gasteiger partial charge in [-0.15, -0.1) is 0 Å². The maximum atomic E-state index is 13.0. The second kappa shape index (κ2) is 59.1. The molecule has 7 atom stereocenters. The molecule has 0 radical (unpaired) electrons. The van der Waals surface area contributed by atoms with E-state index in [1.807, 2.05) is 0 Å². The molecule has 0 fully saturated rings. The number of carbonyl (C=O) groups excluding carboxylic acids is 4. The van der Waals surface area contributed by atoms with E-state index in [9.17, 15) is 43.2 Å². The van der Waals surface area contributed by atoms with Crippen LogP contribution in [-0.4, -0.2) is 96.7 Å². The molecule has 0 spiro atoms. The lowest BCUT2D eigenvalue weighted by atomic mass is 9.99. The maximum absolute atomic E-state index is 13.0. The predicted molar refractivity (Wildman–Crippen MR) is 349 cm³/mol. The van der Waals surface area contributed by atoms with Crippen molar-refractivity contribution in [2.75, 3.05) is 39.6 Å². The highest BCUT2D eigenvalue weighted by atomic mass is 31.2. The summed E-state index contributed by atoms with van der Waals surface area (Å²) >= 11 is 0. The van der Waals surface area contributed by atoms with Crippen LogP contribution in [0.15, 0.2) is 0 Å². The first kappa shape index (κ1) is 85.1. The SMILES string of the molecule is CCCCCCCCCCC(=O)OC[C@H](COP(=O)(O)OC[C@H](O)COP(=O)(O)OC[C@@H](COC(=O)CCCCCCCCCCC(C)CC)OC(=O)CCCCCCCCCCCCCCC(C)C)OC(=O)CCCCCCCCCCC(C)CC. The van der Waals surface area contributed by atoms with E-state index in [4.69, 9.17) is 37.0 Å². The summed E-state index contributed by atoms with van der Waals surface area (Å²) in [4.78, 5) is 72.4. The number of phosphoric ester groups is 2. The molecule has 19 heteroatoms. The van der Waals surface area contributed by atoms with Crippen molar-refractivity contribution in [2.24, 2.45) is 17.8 Å².